The second-order valence-corrected chi connectivity index (χ2v) is 2.83. The molecule has 0 bridgehead atoms. The molecular weight excluding hydrogens is 172 g/mol. The molecule has 0 radical (unpaired) electrons. The lowest BCUT2D eigenvalue weighted by molar-refractivity contribution is -0.144. The molecule has 1 saturated carbocycles. The third-order valence-corrected chi connectivity index (χ3v) is 1.69. The van der Waals surface area contributed by atoms with Gasteiger partial charge in [-0.05, 0) is 18.9 Å². The fourth-order valence-electron chi connectivity index (χ4n) is 0.780. The monoisotopic (exact) mass is 184 g/mol. The number of ether oxygens (including phenoxy) is 2. The third-order valence-electron chi connectivity index (χ3n) is 1.69. The molecule has 0 aromatic rings. The maximum atomic E-state index is 10.9. The van der Waals surface area contributed by atoms with Crippen molar-refractivity contribution in [3.8, 4) is 0 Å². The van der Waals surface area contributed by atoms with E-state index in [9.17, 15) is 9.59 Å². The van der Waals surface area contributed by atoms with Crippen LogP contribution in [0.4, 0.5) is 0 Å². The highest BCUT2D eigenvalue weighted by Gasteiger charge is 2.30. The van der Waals surface area contributed by atoms with Crippen molar-refractivity contribution in [1.82, 2.24) is 0 Å². The van der Waals surface area contributed by atoms with E-state index in [0.29, 0.717) is 0 Å². The van der Waals surface area contributed by atoms with Gasteiger partial charge in [-0.3, -0.25) is 4.79 Å². The summed E-state index contributed by atoms with van der Waals surface area (Å²) in [5, 5.41) is 0. The standard InChI is InChI=1S/C9H12O4/c1-12-8(10)3-2-6-13-9(11)7-4-5-7/h2-3,7H,4-6H2,1H3/b3-2+. The van der Waals surface area contributed by atoms with Gasteiger partial charge in [0.15, 0.2) is 0 Å². The minimum Gasteiger partial charge on any atom is -0.466 e. The minimum atomic E-state index is -0.442. The second-order valence-electron chi connectivity index (χ2n) is 2.83. The van der Waals surface area contributed by atoms with Gasteiger partial charge in [0.1, 0.15) is 6.61 Å². The number of esters is 2. The maximum Gasteiger partial charge on any atom is 0.330 e. The number of carbonyl (C=O) groups excluding carboxylic acids is 2. The summed E-state index contributed by atoms with van der Waals surface area (Å²) in [6.07, 6.45) is 4.56. The van der Waals surface area contributed by atoms with Gasteiger partial charge < -0.3 is 9.47 Å². The second kappa shape index (κ2) is 4.64. The van der Waals surface area contributed by atoms with Crippen LogP contribution < -0.4 is 0 Å². The Bertz CT molecular complexity index is 228. The lowest BCUT2D eigenvalue weighted by atomic mass is 10.4. The van der Waals surface area contributed by atoms with E-state index in [1.165, 1.54) is 19.3 Å². The zero-order valence-electron chi connectivity index (χ0n) is 7.49. The van der Waals surface area contributed by atoms with E-state index in [1.54, 1.807) is 0 Å². The molecule has 4 heteroatoms. The van der Waals surface area contributed by atoms with E-state index < -0.39 is 5.97 Å². The fraction of sp³-hybridized carbons (Fsp3) is 0.556. The van der Waals surface area contributed by atoms with Gasteiger partial charge in [0.2, 0.25) is 0 Å². The summed E-state index contributed by atoms with van der Waals surface area (Å²) in [6, 6.07) is 0. The van der Waals surface area contributed by atoms with Crippen LogP contribution in [0.5, 0.6) is 0 Å². The van der Waals surface area contributed by atoms with Gasteiger partial charge in [0.25, 0.3) is 0 Å². The Morgan fingerprint density at radius 3 is 2.69 bits per heavy atom. The van der Waals surface area contributed by atoms with E-state index in [2.05, 4.69) is 4.74 Å². The number of methoxy groups -OCH3 is 1. The van der Waals surface area contributed by atoms with Gasteiger partial charge in [-0.2, -0.15) is 0 Å². The van der Waals surface area contributed by atoms with Crippen molar-refractivity contribution < 1.29 is 19.1 Å². The van der Waals surface area contributed by atoms with Gasteiger partial charge in [0.05, 0.1) is 13.0 Å². The highest BCUT2D eigenvalue weighted by Crippen LogP contribution is 2.29. The summed E-state index contributed by atoms with van der Waals surface area (Å²) in [5.74, 6) is -0.511. The van der Waals surface area contributed by atoms with Crippen LogP contribution in [0, 0.1) is 5.92 Å². The Balaban J connectivity index is 2.08. The smallest absolute Gasteiger partial charge is 0.330 e. The third kappa shape index (κ3) is 3.73. The Labute approximate surface area is 76.5 Å². The molecule has 0 unspecified atom stereocenters. The highest BCUT2D eigenvalue weighted by atomic mass is 16.5. The molecule has 1 fully saturated rings. The van der Waals surface area contributed by atoms with Gasteiger partial charge in [-0.25, -0.2) is 4.79 Å². The zero-order valence-corrected chi connectivity index (χ0v) is 7.49. The molecule has 4 nitrogen and oxygen atoms in total. The van der Waals surface area contributed by atoms with Crippen molar-refractivity contribution in [3.05, 3.63) is 12.2 Å². The molecule has 0 N–H and O–H groups in total. The normalized spacial score (nSPS) is 15.8. The lowest BCUT2D eigenvalue weighted by Crippen LogP contribution is -2.06. The molecule has 1 rings (SSSR count). The SMILES string of the molecule is COC(=O)/C=C/COC(=O)C1CC1. The first kappa shape index (κ1) is 9.77. The minimum absolute atomic E-state index is 0.103. The molecule has 0 aromatic carbocycles. The van der Waals surface area contributed by atoms with Gasteiger partial charge in [-0.15, -0.1) is 0 Å². The predicted molar refractivity (Wildman–Crippen MR) is 44.8 cm³/mol. The summed E-state index contributed by atoms with van der Waals surface area (Å²) in [6.45, 7) is 0.143. The van der Waals surface area contributed by atoms with E-state index in [4.69, 9.17) is 4.74 Å². The van der Waals surface area contributed by atoms with Crippen LogP contribution in [0.2, 0.25) is 0 Å². The molecule has 0 atom stereocenters. The summed E-state index contributed by atoms with van der Waals surface area (Å²) >= 11 is 0. The number of carbonyl (C=O) groups is 2. The Kier molecular flexibility index (Phi) is 3.49. The number of rotatable bonds is 4. The van der Waals surface area contributed by atoms with Crippen LogP contribution in [0.15, 0.2) is 12.2 Å². The number of hydrogen-bond donors (Lipinski definition) is 0. The van der Waals surface area contributed by atoms with E-state index >= 15 is 0 Å². The van der Waals surface area contributed by atoms with Crippen molar-refractivity contribution in [2.24, 2.45) is 5.92 Å². The van der Waals surface area contributed by atoms with Gasteiger partial charge in [0, 0.05) is 6.08 Å². The molecule has 1 aliphatic carbocycles. The average molecular weight is 184 g/mol. The van der Waals surface area contributed by atoms with Crippen LogP contribution >= 0.6 is 0 Å². The summed E-state index contributed by atoms with van der Waals surface area (Å²) in [7, 11) is 1.29. The van der Waals surface area contributed by atoms with Crippen LogP contribution in [-0.4, -0.2) is 25.7 Å². The average Bonchev–Trinajstić information content (AvgIpc) is 2.94. The fourth-order valence-corrected chi connectivity index (χ4v) is 0.780. The topological polar surface area (TPSA) is 52.6 Å². The molecule has 0 aromatic heterocycles. The molecule has 72 valence electrons. The molecule has 0 heterocycles. The lowest BCUT2D eigenvalue weighted by Gasteiger charge is -1.97. The number of hydrogen-bond acceptors (Lipinski definition) is 4. The zero-order chi connectivity index (χ0) is 9.68. The Morgan fingerprint density at radius 2 is 2.15 bits per heavy atom. The van der Waals surface area contributed by atoms with Crippen molar-refractivity contribution in [1.29, 1.82) is 0 Å². The van der Waals surface area contributed by atoms with Gasteiger partial charge >= 0.3 is 11.9 Å². The molecule has 0 saturated heterocycles. The summed E-state index contributed by atoms with van der Waals surface area (Å²) in [5.41, 5.74) is 0. The van der Waals surface area contributed by atoms with Crippen LogP contribution in [-0.2, 0) is 19.1 Å². The van der Waals surface area contributed by atoms with Crippen LogP contribution in [0.1, 0.15) is 12.8 Å². The van der Waals surface area contributed by atoms with Crippen molar-refractivity contribution in [2.75, 3.05) is 13.7 Å². The quantitative estimate of drug-likeness (QED) is 0.476. The van der Waals surface area contributed by atoms with E-state index in [1.807, 2.05) is 0 Å². The van der Waals surface area contributed by atoms with E-state index in [0.717, 1.165) is 12.8 Å². The maximum absolute atomic E-state index is 10.9. The molecular formula is C9H12O4. The first-order valence-corrected chi connectivity index (χ1v) is 4.15. The van der Waals surface area contributed by atoms with Crippen molar-refractivity contribution >= 4 is 11.9 Å². The van der Waals surface area contributed by atoms with Crippen LogP contribution in [0.3, 0.4) is 0 Å². The highest BCUT2D eigenvalue weighted by molar-refractivity contribution is 5.81. The molecule has 0 spiro atoms. The molecule has 13 heavy (non-hydrogen) atoms. The molecule has 0 aliphatic heterocycles. The van der Waals surface area contributed by atoms with E-state index in [-0.39, 0.29) is 18.5 Å². The molecule has 0 amide bonds. The Morgan fingerprint density at radius 1 is 1.46 bits per heavy atom. The van der Waals surface area contributed by atoms with Crippen molar-refractivity contribution in [2.45, 2.75) is 12.8 Å². The Hall–Kier alpha value is -1.32. The van der Waals surface area contributed by atoms with Crippen LogP contribution in [0.25, 0.3) is 0 Å². The van der Waals surface area contributed by atoms with Crippen molar-refractivity contribution in [3.63, 3.8) is 0 Å². The first-order chi connectivity index (χ1) is 6.24. The summed E-state index contributed by atoms with van der Waals surface area (Å²) < 4.78 is 9.18. The largest absolute Gasteiger partial charge is 0.466 e. The molecule has 1 aliphatic rings. The summed E-state index contributed by atoms with van der Waals surface area (Å²) in [4.78, 5) is 21.5. The predicted octanol–water partition coefficient (Wildman–Crippen LogP) is 0.669. The first-order valence-electron chi connectivity index (χ1n) is 4.15. The van der Waals surface area contributed by atoms with Gasteiger partial charge in [-0.1, -0.05) is 0 Å².